The Morgan fingerprint density at radius 3 is 2.58 bits per heavy atom. The van der Waals surface area contributed by atoms with Gasteiger partial charge in [0.2, 0.25) is 5.91 Å². The van der Waals surface area contributed by atoms with Crippen molar-refractivity contribution >= 4 is 17.4 Å². The summed E-state index contributed by atoms with van der Waals surface area (Å²) in [5.74, 6) is 0.994. The SMILES string of the molecule is CC(C)CC(=O)Nc1ccc(NC(C)(C)CO)nc1. The summed E-state index contributed by atoms with van der Waals surface area (Å²) in [6, 6.07) is 3.57. The van der Waals surface area contributed by atoms with Gasteiger partial charge >= 0.3 is 0 Å². The van der Waals surface area contributed by atoms with Gasteiger partial charge in [0, 0.05) is 6.42 Å². The Bertz CT molecular complexity index is 413. The lowest BCUT2D eigenvalue weighted by molar-refractivity contribution is -0.116. The zero-order valence-corrected chi connectivity index (χ0v) is 12.0. The fourth-order valence-electron chi connectivity index (χ4n) is 1.51. The fraction of sp³-hybridized carbons (Fsp3) is 0.571. The average Bonchev–Trinajstić information content (AvgIpc) is 2.30. The lowest BCUT2D eigenvalue weighted by Gasteiger charge is -2.24. The van der Waals surface area contributed by atoms with Crippen LogP contribution in [0, 0.1) is 5.92 Å². The maximum atomic E-state index is 11.6. The van der Waals surface area contributed by atoms with Crippen LogP contribution in [-0.2, 0) is 4.79 Å². The molecule has 5 heteroatoms. The second kappa shape index (κ2) is 6.52. The Hall–Kier alpha value is -1.62. The summed E-state index contributed by atoms with van der Waals surface area (Å²) < 4.78 is 0. The summed E-state index contributed by atoms with van der Waals surface area (Å²) in [5.41, 5.74) is 0.257. The van der Waals surface area contributed by atoms with E-state index in [-0.39, 0.29) is 12.5 Å². The van der Waals surface area contributed by atoms with Gasteiger partial charge in [-0.25, -0.2) is 4.98 Å². The van der Waals surface area contributed by atoms with Gasteiger partial charge in [0.1, 0.15) is 5.82 Å². The number of nitrogens with zero attached hydrogens (tertiary/aromatic N) is 1. The molecule has 0 aliphatic rings. The van der Waals surface area contributed by atoms with Gasteiger partial charge in [-0.15, -0.1) is 0 Å². The number of nitrogens with one attached hydrogen (secondary N) is 2. The average molecular weight is 265 g/mol. The predicted molar refractivity (Wildman–Crippen MR) is 77.1 cm³/mol. The standard InChI is InChI=1S/C14H23N3O2/c1-10(2)7-13(19)16-11-5-6-12(15-8-11)17-14(3,4)9-18/h5-6,8,10,18H,7,9H2,1-4H3,(H,15,17)(H,16,19). The van der Waals surface area contributed by atoms with Crippen LogP contribution in [0.4, 0.5) is 11.5 Å². The lowest BCUT2D eigenvalue weighted by Crippen LogP contribution is -2.35. The second-order valence-electron chi connectivity index (χ2n) is 5.75. The topological polar surface area (TPSA) is 74.2 Å². The van der Waals surface area contributed by atoms with E-state index in [1.165, 1.54) is 0 Å². The van der Waals surface area contributed by atoms with Crippen molar-refractivity contribution in [3.63, 3.8) is 0 Å². The summed E-state index contributed by atoms with van der Waals surface area (Å²) >= 11 is 0. The first-order valence-corrected chi connectivity index (χ1v) is 6.47. The van der Waals surface area contributed by atoms with Gasteiger partial charge in [-0.3, -0.25) is 4.79 Å². The molecule has 0 fully saturated rings. The van der Waals surface area contributed by atoms with Gasteiger partial charge in [0.15, 0.2) is 0 Å². The van der Waals surface area contributed by atoms with E-state index in [0.29, 0.717) is 23.8 Å². The quantitative estimate of drug-likeness (QED) is 0.737. The Labute approximate surface area is 114 Å². The van der Waals surface area contributed by atoms with Crippen LogP contribution in [0.25, 0.3) is 0 Å². The van der Waals surface area contributed by atoms with Crippen LogP contribution in [0.1, 0.15) is 34.1 Å². The molecule has 0 atom stereocenters. The first-order chi connectivity index (χ1) is 8.82. The Morgan fingerprint density at radius 1 is 1.42 bits per heavy atom. The Kier molecular flexibility index (Phi) is 5.30. The van der Waals surface area contributed by atoms with Gasteiger partial charge in [0.05, 0.1) is 24.0 Å². The molecule has 1 aromatic rings. The van der Waals surface area contributed by atoms with Crippen molar-refractivity contribution in [3.05, 3.63) is 18.3 Å². The number of carbonyl (C=O) groups is 1. The number of rotatable bonds is 6. The molecule has 0 bridgehead atoms. The Balaban J connectivity index is 2.59. The molecule has 0 saturated heterocycles. The number of pyridine rings is 1. The number of aromatic nitrogens is 1. The van der Waals surface area contributed by atoms with Gasteiger partial charge in [0.25, 0.3) is 0 Å². The third-order valence-electron chi connectivity index (χ3n) is 2.50. The van der Waals surface area contributed by atoms with Crippen LogP contribution in [0.5, 0.6) is 0 Å². The molecule has 19 heavy (non-hydrogen) atoms. The van der Waals surface area contributed by atoms with Crippen molar-refractivity contribution < 1.29 is 9.90 Å². The van der Waals surface area contributed by atoms with E-state index in [1.807, 2.05) is 27.7 Å². The smallest absolute Gasteiger partial charge is 0.224 e. The summed E-state index contributed by atoms with van der Waals surface area (Å²) in [6.07, 6.45) is 2.10. The number of amides is 1. The van der Waals surface area contributed by atoms with E-state index >= 15 is 0 Å². The van der Waals surface area contributed by atoms with Crippen LogP contribution in [0.2, 0.25) is 0 Å². The van der Waals surface area contributed by atoms with E-state index < -0.39 is 5.54 Å². The predicted octanol–water partition coefficient (Wildman–Crippen LogP) is 2.25. The van der Waals surface area contributed by atoms with Crippen LogP contribution < -0.4 is 10.6 Å². The molecular weight excluding hydrogens is 242 g/mol. The fourth-order valence-corrected chi connectivity index (χ4v) is 1.51. The zero-order chi connectivity index (χ0) is 14.5. The Morgan fingerprint density at radius 2 is 2.11 bits per heavy atom. The molecule has 0 radical (unpaired) electrons. The van der Waals surface area contributed by atoms with E-state index in [9.17, 15) is 4.79 Å². The van der Waals surface area contributed by atoms with E-state index in [2.05, 4.69) is 15.6 Å². The minimum absolute atomic E-state index is 0.00630. The summed E-state index contributed by atoms with van der Waals surface area (Å²) in [4.78, 5) is 15.8. The van der Waals surface area contributed by atoms with Crippen molar-refractivity contribution in [1.29, 1.82) is 0 Å². The molecule has 3 N–H and O–H groups in total. The van der Waals surface area contributed by atoms with Gasteiger partial charge < -0.3 is 15.7 Å². The molecule has 0 spiro atoms. The van der Waals surface area contributed by atoms with E-state index in [0.717, 1.165) is 0 Å². The summed E-state index contributed by atoms with van der Waals surface area (Å²) in [6.45, 7) is 7.78. The van der Waals surface area contributed by atoms with Crippen molar-refractivity contribution in [1.82, 2.24) is 4.98 Å². The zero-order valence-electron chi connectivity index (χ0n) is 12.0. The summed E-state index contributed by atoms with van der Waals surface area (Å²) in [7, 11) is 0. The molecular formula is C14H23N3O2. The van der Waals surface area contributed by atoms with Crippen molar-refractivity contribution in [3.8, 4) is 0 Å². The number of aliphatic hydroxyl groups is 1. The monoisotopic (exact) mass is 265 g/mol. The normalized spacial score (nSPS) is 11.5. The third-order valence-corrected chi connectivity index (χ3v) is 2.50. The number of hydrogen-bond acceptors (Lipinski definition) is 4. The molecule has 0 unspecified atom stereocenters. The van der Waals surface area contributed by atoms with Crippen molar-refractivity contribution in [2.45, 2.75) is 39.7 Å². The highest BCUT2D eigenvalue weighted by molar-refractivity contribution is 5.90. The van der Waals surface area contributed by atoms with Crippen molar-refractivity contribution in [2.24, 2.45) is 5.92 Å². The highest BCUT2D eigenvalue weighted by atomic mass is 16.3. The first-order valence-electron chi connectivity index (χ1n) is 6.47. The number of hydrogen-bond donors (Lipinski definition) is 3. The minimum Gasteiger partial charge on any atom is -0.394 e. The molecule has 1 amide bonds. The lowest BCUT2D eigenvalue weighted by atomic mass is 10.1. The highest BCUT2D eigenvalue weighted by Crippen LogP contribution is 2.15. The molecule has 0 saturated carbocycles. The van der Waals surface area contributed by atoms with E-state index in [1.54, 1.807) is 18.3 Å². The third kappa shape index (κ3) is 5.70. The first kappa shape index (κ1) is 15.4. The van der Waals surface area contributed by atoms with E-state index in [4.69, 9.17) is 5.11 Å². The molecule has 5 nitrogen and oxygen atoms in total. The molecule has 0 aliphatic carbocycles. The molecule has 1 heterocycles. The molecule has 106 valence electrons. The number of anilines is 2. The number of carbonyl (C=O) groups excluding carboxylic acids is 1. The highest BCUT2D eigenvalue weighted by Gasteiger charge is 2.16. The van der Waals surface area contributed by atoms with Crippen molar-refractivity contribution in [2.75, 3.05) is 17.2 Å². The molecule has 1 aromatic heterocycles. The van der Waals surface area contributed by atoms with Crippen LogP contribution in [-0.4, -0.2) is 28.1 Å². The maximum Gasteiger partial charge on any atom is 0.224 e. The molecule has 0 aliphatic heterocycles. The molecule has 1 rings (SSSR count). The van der Waals surface area contributed by atoms with Crippen LogP contribution >= 0.6 is 0 Å². The van der Waals surface area contributed by atoms with Crippen LogP contribution in [0.15, 0.2) is 18.3 Å². The largest absolute Gasteiger partial charge is 0.394 e. The number of aliphatic hydroxyl groups excluding tert-OH is 1. The van der Waals surface area contributed by atoms with Gasteiger partial charge in [-0.05, 0) is 31.9 Å². The van der Waals surface area contributed by atoms with Gasteiger partial charge in [-0.2, -0.15) is 0 Å². The maximum absolute atomic E-state index is 11.6. The summed E-state index contributed by atoms with van der Waals surface area (Å²) in [5, 5.41) is 15.1. The second-order valence-corrected chi connectivity index (χ2v) is 5.75. The minimum atomic E-state index is -0.421. The molecule has 0 aromatic carbocycles. The van der Waals surface area contributed by atoms with Gasteiger partial charge in [-0.1, -0.05) is 13.8 Å². The van der Waals surface area contributed by atoms with Crippen LogP contribution in [0.3, 0.4) is 0 Å².